The Kier molecular flexibility index (Phi) is 5.44. The maximum absolute atomic E-state index is 10.2. The molecule has 20 heavy (non-hydrogen) atoms. The molecule has 1 aromatic carbocycles. The van der Waals surface area contributed by atoms with Crippen molar-refractivity contribution < 1.29 is 5.11 Å². The average Bonchev–Trinajstić information content (AvgIpc) is 2.64. The fourth-order valence-corrected chi connectivity index (χ4v) is 2.96. The molecular weight excluding hydrogens is 248 g/mol. The van der Waals surface area contributed by atoms with Crippen molar-refractivity contribution >= 4 is 5.69 Å². The van der Waals surface area contributed by atoms with Crippen molar-refractivity contribution in [1.29, 1.82) is 0 Å². The van der Waals surface area contributed by atoms with Crippen molar-refractivity contribution in [3.05, 3.63) is 29.8 Å². The van der Waals surface area contributed by atoms with Gasteiger partial charge in [0, 0.05) is 31.9 Å². The molecule has 3 nitrogen and oxygen atoms in total. The summed E-state index contributed by atoms with van der Waals surface area (Å²) in [6.07, 6.45) is 5.46. The molecule has 0 heterocycles. The molecule has 1 fully saturated rings. The molecule has 0 bridgehead atoms. The second-order valence-corrected chi connectivity index (χ2v) is 6.19. The molecule has 0 aliphatic heterocycles. The Labute approximate surface area is 123 Å². The number of hydrogen-bond donors (Lipinski definition) is 2. The maximum atomic E-state index is 10.2. The van der Waals surface area contributed by atoms with Crippen LogP contribution in [0.1, 0.15) is 50.6 Å². The van der Waals surface area contributed by atoms with Gasteiger partial charge in [0.2, 0.25) is 0 Å². The number of hydrogen-bond acceptors (Lipinski definition) is 3. The van der Waals surface area contributed by atoms with Crippen molar-refractivity contribution in [2.45, 2.75) is 57.2 Å². The van der Waals surface area contributed by atoms with Gasteiger partial charge in [-0.2, -0.15) is 0 Å². The van der Waals surface area contributed by atoms with E-state index in [2.05, 4.69) is 55.5 Å². The highest BCUT2D eigenvalue weighted by atomic mass is 16.3. The lowest BCUT2D eigenvalue weighted by molar-refractivity contribution is 0.115. The third-order valence-corrected chi connectivity index (χ3v) is 4.35. The summed E-state index contributed by atoms with van der Waals surface area (Å²) < 4.78 is 0. The van der Waals surface area contributed by atoms with Crippen molar-refractivity contribution in [1.82, 2.24) is 5.32 Å². The van der Waals surface area contributed by atoms with Crippen LogP contribution in [0.4, 0.5) is 5.69 Å². The molecule has 0 spiro atoms. The number of rotatable bonds is 4. The van der Waals surface area contributed by atoms with Crippen molar-refractivity contribution in [2.75, 3.05) is 19.0 Å². The standard InChI is InChI=1S/C17H28N2O/c1-13(14-9-11-15(12-10-14)19(2)3)18-16-7-5-4-6-8-17(16)20/h9-13,16-18,20H,4-8H2,1-3H3. The number of aliphatic hydroxyl groups excluding tert-OH is 1. The zero-order valence-corrected chi connectivity index (χ0v) is 13.0. The van der Waals surface area contributed by atoms with Crippen LogP contribution in [0.15, 0.2) is 24.3 Å². The molecular formula is C17H28N2O. The Hall–Kier alpha value is -1.06. The molecule has 1 saturated carbocycles. The first-order valence-corrected chi connectivity index (χ1v) is 7.79. The Bertz CT molecular complexity index is 402. The summed E-state index contributed by atoms with van der Waals surface area (Å²) in [5, 5.41) is 13.8. The van der Waals surface area contributed by atoms with E-state index >= 15 is 0 Å². The number of benzene rings is 1. The molecule has 112 valence electrons. The summed E-state index contributed by atoms with van der Waals surface area (Å²) in [5.41, 5.74) is 2.50. The van der Waals surface area contributed by atoms with Crippen LogP contribution < -0.4 is 10.2 Å². The number of anilines is 1. The minimum Gasteiger partial charge on any atom is -0.392 e. The minimum atomic E-state index is -0.194. The van der Waals surface area contributed by atoms with Crippen LogP contribution in [0.3, 0.4) is 0 Å². The normalized spacial score (nSPS) is 25.0. The second kappa shape index (κ2) is 7.09. The highest BCUT2D eigenvalue weighted by Gasteiger charge is 2.23. The van der Waals surface area contributed by atoms with E-state index in [4.69, 9.17) is 0 Å². The third kappa shape index (κ3) is 3.97. The molecule has 1 aliphatic carbocycles. The quantitative estimate of drug-likeness (QED) is 0.830. The molecule has 3 atom stereocenters. The van der Waals surface area contributed by atoms with E-state index in [0.29, 0.717) is 0 Å². The molecule has 0 saturated heterocycles. The molecule has 2 rings (SSSR count). The molecule has 1 aliphatic rings. The first-order valence-electron chi connectivity index (χ1n) is 7.79. The van der Waals surface area contributed by atoms with Gasteiger partial charge in [-0.3, -0.25) is 0 Å². The van der Waals surface area contributed by atoms with Gasteiger partial charge in [0.1, 0.15) is 0 Å². The number of nitrogens with one attached hydrogen (secondary N) is 1. The molecule has 0 aromatic heterocycles. The largest absolute Gasteiger partial charge is 0.392 e. The number of aliphatic hydroxyl groups is 1. The van der Waals surface area contributed by atoms with Gasteiger partial charge < -0.3 is 15.3 Å². The highest BCUT2D eigenvalue weighted by Crippen LogP contribution is 2.22. The Morgan fingerprint density at radius 3 is 2.40 bits per heavy atom. The third-order valence-electron chi connectivity index (χ3n) is 4.35. The lowest BCUT2D eigenvalue weighted by Gasteiger charge is -2.26. The van der Waals surface area contributed by atoms with E-state index in [1.54, 1.807) is 0 Å². The van der Waals surface area contributed by atoms with Gasteiger partial charge in [-0.25, -0.2) is 0 Å². The Morgan fingerprint density at radius 2 is 1.75 bits per heavy atom. The summed E-state index contributed by atoms with van der Waals surface area (Å²) in [4.78, 5) is 2.11. The second-order valence-electron chi connectivity index (χ2n) is 6.19. The van der Waals surface area contributed by atoms with Crippen LogP contribution in [-0.2, 0) is 0 Å². The first-order chi connectivity index (χ1) is 9.58. The van der Waals surface area contributed by atoms with Crippen LogP contribution in [0, 0.1) is 0 Å². The lowest BCUT2D eigenvalue weighted by atomic mass is 10.0. The SMILES string of the molecule is CC(NC1CCCCCC1O)c1ccc(N(C)C)cc1. The number of nitrogens with zero attached hydrogens (tertiary/aromatic N) is 1. The van der Waals surface area contributed by atoms with Crippen molar-refractivity contribution in [3.8, 4) is 0 Å². The van der Waals surface area contributed by atoms with Crippen LogP contribution >= 0.6 is 0 Å². The summed E-state index contributed by atoms with van der Waals surface area (Å²) in [5.74, 6) is 0. The first kappa shape index (κ1) is 15.3. The van der Waals surface area contributed by atoms with Gasteiger partial charge in [-0.1, -0.05) is 31.4 Å². The summed E-state index contributed by atoms with van der Waals surface area (Å²) >= 11 is 0. The highest BCUT2D eigenvalue weighted by molar-refractivity contribution is 5.46. The molecule has 1 aromatic rings. The maximum Gasteiger partial charge on any atom is 0.0693 e. The van der Waals surface area contributed by atoms with E-state index in [1.807, 2.05) is 0 Å². The lowest BCUT2D eigenvalue weighted by Crippen LogP contribution is -2.40. The van der Waals surface area contributed by atoms with E-state index in [9.17, 15) is 5.11 Å². The average molecular weight is 276 g/mol. The smallest absolute Gasteiger partial charge is 0.0693 e. The predicted octanol–water partition coefficient (Wildman–Crippen LogP) is 3.10. The van der Waals surface area contributed by atoms with Crippen LogP contribution in [0.2, 0.25) is 0 Å². The van der Waals surface area contributed by atoms with E-state index in [-0.39, 0.29) is 18.2 Å². The Balaban J connectivity index is 1.97. The van der Waals surface area contributed by atoms with Gasteiger partial charge in [0.05, 0.1) is 6.10 Å². The fraction of sp³-hybridized carbons (Fsp3) is 0.647. The van der Waals surface area contributed by atoms with E-state index in [1.165, 1.54) is 24.1 Å². The summed E-state index contributed by atoms with van der Waals surface area (Å²) in [6.45, 7) is 2.18. The molecule has 3 unspecified atom stereocenters. The van der Waals surface area contributed by atoms with E-state index < -0.39 is 0 Å². The monoisotopic (exact) mass is 276 g/mol. The molecule has 2 N–H and O–H groups in total. The molecule has 0 amide bonds. The zero-order valence-electron chi connectivity index (χ0n) is 13.0. The molecule has 3 heteroatoms. The summed E-state index contributed by atoms with van der Waals surface area (Å²) in [6, 6.07) is 9.17. The summed E-state index contributed by atoms with van der Waals surface area (Å²) in [7, 11) is 4.11. The Morgan fingerprint density at radius 1 is 1.10 bits per heavy atom. The van der Waals surface area contributed by atoms with Gasteiger partial charge in [0.15, 0.2) is 0 Å². The van der Waals surface area contributed by atoms with Gasteiger partial charge in [0.25, 0.3) is 0 Å². The van der Waals surface area contributed by atoms with Gasteiger partial charge in [-0.15, -0.1) is 0 Å². The van der Waals surface area contributed by atoms with Gasteiger partial charge in [-0.05, 0) is 37.5 Å². The fourth-order valence-electron chi connectivity index (χ4n) is 2.96. The molecule has 0 radical (unpaired) electrons. The zero-order chi connectivity index (χ0) is 14.5. The van der Waals surface area contributed by atoms with Crippen molar-refractivity contribution in [3.63, 3.8) is 0 Å². The van der Waals surface area contributed by atoms with Crippen molar-refractivity contribution in [2.24, 2.45) is 0 Å². The topological polar surface area (TPSA) is 35.5 Å². The van der Waals surface area contributed by atoms with Crippen LogP contribution in [0.25, 0.3) is 0 Å². The predicted molar refractivity (Wildman–Crippen MR) is 85.2 cm³/mol. The minimum absolute atomic E-state index is 0.194. The van der Waals surface area contributed by atoms with E-state index in [0.717, 1.165) is 19.3 Å². The van der Waals surface area contributed by atoms with Crippen LogP contribution in [0.5, 0.6) is 0 Å². The van der Waals surface area contributed by atoms with Crippen LogP contribution in [-0.4, -0.2) is 31.3 Å². The van der Waals surface area contributed by atoms with Gasteiger partial charge >= 0.3 is 0 Å².